The van der Waals surface area contributed by atoms with Crippen molar-refractivity contribution in [2.45, 2.75) is 43.9 Å². The van der Waals surface area contributed by atoms with Gasteiger partial charge in [0, 0.05) is 0 Å². The molecule has 0 saturated carbocycles. The Labute approximate surface area is 178 Å². The summed E-state index contributed by atoms with van der Waals surface area (Å²) in [5, 5.41) is 9.46. The highest BCUT2D eigenvalue weighted by molar-refractivity contribution is 7.88. The maximum atomic E-state index is 12.4. The van der Waals surface area contributed by atoms with Crippen molar-refractivity contribution < 1.29 is 23.1 Å². The predicted molar refractivity (Wildman–Crippen MR) is 117 cm³/mol. The average molecular weight is 435 g/mol. The quantitative estimate of drug-likeness (QED) is 0.393. The molecule has 7 nitrogen and oxygen atoms in total. The van der Waals surface area contributed by atoms with Crippen molar-refractivity contribution in [3.8, 4) is 5.75 Å². The molecule has 0 bridgehead atoms. The number of carboxylic acids is 1. The van der Waals surface area contributed by atoms with E-state index in [1.807, 2.05) is 0 Å². The number of nitrogens with two attached hydrogens (primary N) is 1. The monoisotopic (exact) mass is 434 g/mol. The van der Waals surface area contributed by atoms with Gasteiger partial charge in [0.2, 0.25) is 10.0 Å². The van der Waals surface area contributed by atoms with Crippen LogP contribution in [-0.2, 0) is 27.0 Å². The first kappa shape index (κ1) is 23.9. The molecule has 0 aromatic heterocycles. The van der Waals surface area contributed by atoms with Crippen LogP contribution in [-0.4, -0.2) is 38.7 Å². The van der Waals surface area contributed by atoms with Gasteiger partial charge in [-0.1, -0.05) is 55.3 Å². The second-order valence-corrected chi connectivity index (χ2v) is 8.91. The molecule has 4 N–H and O–H groups in total. The van der Waals surface area contributed by atoms with Gasteiger partial charge in [-0.3, -0.25) is 4.79 Å². The lowest BCUT2D eigenvalue weighted by Crippen LogP contribution is -2.42. The number of hydrogen-bond acceptors (Lipinski definition) is 5. The number of rotatable bonds is 14. The van der Waals surface area contributed by atoms with Crippen molar-refractivity contribution >= 4 is 16.0 Å². The molecule has 0 radical (unpaired) electrons. The Morgan fingerprint density at radius 2 is 1.63 bits per heavy atom. The molecule has 0 aliphatic heterocycles. The molecule has 0 heterocycles. The molecule has 2 rings (SSSR count). The van der Waals surface area contributed by atoms with E-state index < -0.39 is 22.0 Å². The van der Waals surface area contributed by atoms with Crippen LogP contribution in [0.2, 0.25) is 0 Å². The molecular formula is C22H30N2O5S. The van der Waals surface area contributed by atoms with Gasteiger partial charge < -0.3 is 15.6 Å². The van der Waals surface area contributed by atoms with Crippen LogP contribution in [0.25, 0.3) is 0 Å². The van der Waals surface area contributed by atoms with Gasteiger partial charge >= 0.3 is 5.97 Å². The fourth-order valence-corrected chi connectivity index (χ4v) is 4.31. The van der Waals surface area contributed by atoms with Gasteiger partial charge in [0.05, 0.1) is 12.4 Å². The second-order valence-electron chi connectivity index (χ2n) is 7.15. The van der Waals surface area contributed by atoms with Gasteiger partial charge in [0.25, 0.3) is 0 Å². The third-order valence-electron chi connectivity index (χ3n) is 4.55. The Bertz CT molecular complexity index is 870. The Kier molecular flexibility index (Phi) is 9.79. The fourth-order valence-electron chi connectivity index (χ4n) is 2.98. The highest BCUT2D eigenvalue weighted by Crippen LogP contribution is 2.15. The zero-order valence-corrected chi connectivity index (χ0v) is 17.8. The minimum absolute atomic E-state index is 0.0444. The van der Waals surface area contributed by atoms with Gasteiger partial charge in [-0.15, -0.1) is 0 Å². The molecule has 0 spiro atoms. The number of hydrogen-bond donors (Lipinski definition) is 3. The molecule has 30 heavy (non-hydrogen) atoms. The largest absolute Gasteiger partial charge is 0.494 e. The molecule has 0 amide bonds. The fraction of sp³-hybridized carbons (Fsp3) is 0.409. The van der Waals surface area contributed by atoms with E-state index >= 15 is 0 Å². The second kappa shape index (κ2) is 12.3. The first-order chi connectivity index (χ1) is 14.4. The standard InChI is InChI=1S/C22H30N2O5S/c23-14-6-1-2-7-15-29-20-12-10-18(11-13-20)16-21(22(25)26)24-30(27,28)17-19-8-4-3-5-9-19/h3-5,8-13,21,24H,1-2,6-7,14-17,23H2,(H,25,26)/t21-/m0/s1. The number of ether oxygens (including phenoxy) is 1. The first-order valence-corrected chi connectivity index (χ1v) is 11.7. The van der Waals surface area contributed by atoms with E-state index in [2.05, 4.69) is 4.72 Å². The van der Waals surface area contributed by atoms with Gasteiger partial charge in [-0.25, -0.2) is 13.1 Å². The van der Waals surface area contributed by atoms with E-state index in [0.717, 1.165) is 25.7 Å². The Hall–Kier alpha value is -2.42. The number of benzene rings is 2. The third kappa shape index (κ3) is 8.94. The Balaban J connectivity index is 1.88. The molecule has 0 fully saturated rings. The van der Waals surface area contributed by atoms with E-state index in [9.17, 15) is 18.3 Å². The lowest BCUT2D eigenvalue weighted by atomic mass is 10.1. The molecule has 0 aliphatic carbocycles. The van der Waals surface area contributed by atoms with Crippen molar-refractivity contribution in [1.82, 2.24) is 4.72 Å². The van der Waals surface area contributed by atoms with Gasteiger partial charge in [0.15, 0.2) is 0 Å². The molecule has 2 aromatic rings. The average Bonchev–Trinajstić information content (AvgIpc) is 2.71. The number of carbonyl (C=O) groups is 1. The van der Waals surface area contributed by atoms with Crippen LogP contribution in [0, 0.1) is 0 Å². The third-order valence-corrected chi connectivity index (χ3v) is 5.91. The molecule has 0 saturated heterocycles. The maximum Gasteiger partial charge on any atom is 0.322 e. The number of aliphatic carboxylic acids is 1. The molecule has 8 heteroatoms. The van der Waals surface area contributed by atoms with Crippen molar-refractivity contribution in [3.63, 3.8) is 0 Å². The maximum absolute atomic E-state index is 12.4. The van der Waals surface area contributed by atoms with Crippen LogP contribution in [0.3, 0.4) is 0 Å². The molecule has 1 atom stereocenters. The molecule has 164 valence electrons. The Morgan fingerprint density at radius 1 is 0.967 bits per heavy atom. The van der Waals surface area contributed by atoms with E-state index in [1.54, 1.807) is 54.6 Å². The topological polar surface area (TPSA) is 119 Å². The van der Waals surface area contributed by atoms with Crippen LogP contribution < -0.4 is 15.2 Å². The van der Waals surface area contributed by atoms with Crippen LogP contribution in [0.1, 0.15) is 36.8 Å². The summed E-state index contributed by atoms with van der Waals surface area (Å²) < 4.78 is 32.7. The number of sulfonamides is 1. The van der Waals surface area contributed by atoms with Crippen LogP contribution >= 0.6 is 0 Å². The summed E-state index contributed by atoms with van der Waals surface area (Å²) in [5.41, 5.74) is 6.77. The lowest BCUT2D eigenvalue weighted by Gasteiger charge is -2.15. The van der Waals surface area contributed by atoms with Crippen LogP contribution in [0.5, 0.6) is 5.75 Å². The van der Waals surface area contributed by atoms with Crippen LogP contribution in [0.4, 0.5) is 0 Å². The lowest BCUT2D eigenvalue weighted by molar-refractivity contribution is -0.138. The van der Waals surface area contributed by atoms with E-state index in [1.165, 1.54) is 0 Å². The molecule has 2 aromatic carbocycles. The summed E-state index contributed by atoms with van der Waals surface area (Å²) in [6.07, 6.45) is 4.18. The van der Waals surface area contributed by atoms with Crippen molar-refractivity contribution in [1.29, 1.82) is 0 Å². The van der Waals surface area contributed by atoms with E-state index in [4.69, 9.17) is 10.5 Å². The summed E-state index contributed by atoms with van der Waals surface area (Å²) in [7, 11) is -3.79. The number of carboxylic acid groups (broad SMARTS) is 1. The minimum Gasteiger partial charge on any atom is -0.494 e. The summed E-state index contributed by atoms with van der Waals surface area (Å²) in [5.74, 6) is -0.783. The summed E-state index contributed by atoms with van der Waals surface area (Å²) in [4.78, 5) is 11.6. The van der Waals surface area contributed by atoms with Gasteiger partial charge in [-0.05, 0) is 49.1 Å². The number of unbranched alkanes of at least 4 members (excludes halogenated alkanes) is 3. The normalized spacial score (nSPS) is 12.4. The minimum atomic E-state index is -3.79. The van der Waals surface area contributed by atoms with Crippen molar-refractivity contribution in [3.05, 3.63) is 65.7 Å². The van der Waals surface area contributed by atoms with Crippen molar-refractivity contribution in [2.75, 3.05) is 13.2 Å². The SMILES string of the molecule is NCCCCCCOc1ccc(C[C@H](NS(=O)(=O)Cc2ccccc2)C(=O)O)cc1. The van der Waals surface area contributed by atoms with E-state index in [0.29, 0.717) is 30.0 Å². The van der Waals surface area contributed by atoms with Crippen LogP contribution in [0.15, 0.2) is 54.6 Å². The van der Waals surface area contributed by atoms with Gasteiger partial charge in [0.1, 0.15) is 11.8 Å². The highest BCUT2D eigenvalue weighted by atomic mass is 32.2. The summed E-state index contributed by atoms with van der Waals surface area (Å²) in [6, 6.07) is 14.5. The molecule has 0 aliphatic rings. The predicted octanol–water partition coefficient (Wildman–Crippen LogP) is 2.70. The molecular weight excluding hydrogens is 404 g/mol. The number of nitrogens with one attached hydrogen (secondary N) is 1. The van der Waals surface area contributed by atoms with E-state index in [-0.39, 0.29) is 12.2 Å². The van der Waals surface area contributed by atoms with Gasteiger partial charge in [-0.2, -0.15) is 0 Å². The Morgan fingerprint density at radius 3 is 2.27 bits per heavy atom. The zero-order chi connectivity index (χ0) is 21.8. The highest BCUT2D eigenvalue weighted by Gasteiger charge is 2.24. The molecule has 0 unspecified atom stereocenters. The zero-order valence-electron chi connectivity index (χ0n) is 17.0. The van der Waals surface area contributed by atoms with Crippen molar-refractivity contribution in [2.24, 2.45) is 5.73 Å². The first-order valence-electron chi connectivity index (χ1n) is 10.1. The summed E-state index contributed by atoms with van der Waals surface area (Å²) >= 11 is 0. The smallest absolute Gasteiger partial charge is 0.322 e. The summed E-state index contributed by atoms with van der Waals surface area (Å²) in [6.45, 7) is 1.32.